The topological polar surface area (TPSA) is 58.2 Å². The van der Waals surface area contributed by atoms with Gasteiger partial charge >= 0.3 is 0 Å². The van der Waals surface area contributed by atoms with E-state index in [1.54, 1.807) is 31.2 Å². The SMILES string of the molecule is CCCCC(CC)CNC(=O)c1ccc(NC(=O)CC)cc1. The highest BCUT2D eigenvalue weighted by Crippen LogP contribution is 2.13. The van der Waals surface area contributed by atoms with Gasteiger partial charge in [0, 0.05) is 24.2 Å². The maximum atomic E-state index is 12.1. The van der Waals surface area contributed by atoms with Crippen molar-refractivity contribution in [2.45, 2.75) is 52.9 Å². The van der Waals surface area contributed by atoms with Crippen LogP contribution in [0.5, 0.6) is 0 Å². The van der Waals surface area contributed by atoms with Gasteiger partial charge in [-0.2, -0.15) is 0 Å². The van der Waals surface area contributed by atoms with Crippen LogP contribution >= 0.6 is 0 Å². The van der Waals surface area contributed by atoms with Crippen molar-refractivity contribution >= 4 is 17.5 Å². The van der Waals surface area contributed by atoms with Crippen LogP contribution in [0, 0.1) is 5.92 Å². The molecule has 22 heavy (non-hydrogen) atoms. The molecule has 0 aliphatic carbocycles. The first-order valence-electron chi connectivity index (χ1n) is 8.28. The summed E-state index contributed by atoms with van der Waals surface area (Å²) in [6, 6.07) is 7.01. The molecule has 1 unspecified atom stereocenters. The molecule has 0 heterocycles. The number of unbranched alkanes of at least 4 members (excludes halogenated alkanes) is 1. The molecule has 2 amide bonds. The Bertz CT molecular complexity index is 468. The monoisotopic (exact) mass is 304 g/mol. The number of hydrogen-bond acceptors (Lipinski definition) is 2. The smallest absolute Gasteiger partial charge is 0.251 e. The highest BCUT2D eigenvalue weighted by atomic mass is 16.2. The molecular formula is C18H28N2O2. The first kappa shape index (κ1) is 18.2. The van der Waals surface area contributed by atoms with E-state index >= 15 is 0 Å². The molecule has 1 aromatic rings. The minimum atomic E-state index is -0.0525. The molecule has 1 aromatic carbocycles. The number of hydrogen-bond donors (Lipinski definition) is 2. The Kier molecular flexibility index (Phi) is 8.26. The molecule has 0 aromatic heterocycles. The van der Waals surface area contributed by atoms with Crippen LogP contribution < -0.4 is 10.6 Å². The van der Waals surface area contributed by atoms with E-state index in [1.807, 2.05) is 0 Å². The summed E-state index contributed by atoms with van der Waals surface area (Å²) in [5.74, 6) is 0.467. The minimum Gasteiger partial charge on any atom is -0.352 e. The van der Waals surface area contributed by atoms with Crippen LogP contribution in [0.3, 0.4) is 0 Å². The van der Waals surface area contributed by atoms with Crippen LogP contribution in [0.25, 0.3) is 0 Å². The van der Waals surface area contributed by atoms with Gasteiger partial charge in [0.15, 0.2) is 0 Å². The average molecular weight is 304 g/mol. The van der Waals surface area contributed by atoms with Gasteiger partial charge in [0.25, 0.3) is 5.91 Å². The zero-order chi connectivity index (χ0) is 16.4. The molecule has 0 fully saturated rings. The first-order chi connectivity index (χ1) is 10.6. The van der Waals surface area contributed by atoms with Gasteiger partial charge in [-0.1, -0.05) is 40.0 Å². The van der Waals surface area contributed by atoms with Crippen molar-refractivity contribution in [3.05, 3.63) is 29.8 Å². The van der Waals surface area contributed by atoms with E-state index in [4.69, 9.17) is 0 Å². The molecule has 2 N–H and O–H groups in total. The van der Waals surface area contributed by atoms with Crippen molar-refractivity contribution < 1.29 is 9.59 Å². The van der Waals surface area contributed by atoms with Gasteiger partial charge in [-0.3, -0.25) is 9.59 Å². The van der Waals surface area contributed by atoms with Crippen molar-refractivity contribution in [1.82, 2.24) is 5.32 Å². The van der Waals surface area contributed by atoms with Crippen molar-refractivity contribution in [2.24, 2.45) is 5.92 Å². The Labute approximate surface area is 133 Å². The van der Waals surface area contributed by atoms with Gasteiger partial charge in [0.05, 0.1) is 0 Å². The van der Waals surface area contributed by atoms with Crippen LogP contribution in [0.2, 0.25) is 0 Å². The standard InChI is InChI=1S/C18H28N2O2/c1-4-7-8-14(5-2)13-19-18(22)15-9-11-16(12-10-15)20-17(21)6-3/h9-12,14H,4-8,13H2,1-3H3,(H,19,22)(H,20,21). The average Bonchev–Trinajstić information content (AvgIpc) is 2.55. The van der Waals surface area contributed by atoms with Gasteiger partial charge in [-0.25, -0.2) is 0 Å². The van der Waals surface area contributed by atoms with Gasteiger partial charge in [-0.15, -0.1) is 0 Å². The Hall–Kier alpha value is -1.84. The van der Waals surface area contributed by atoms with Gasteiger partial charge < -0.3 is 10.6 Å². The van der Waals surface area contributed by atoms with E-state index in [0.29, 0.717) is 17.9 Å². The maximum Gasteiger partial charge on any atom is 0.251 e. The first-order valence-corrected chi connectivity index (χ1v) is 8.28. The highest BCUT2D eigenvalue weighted by Gasteiger charge is 2.10. The molecule has 0 saturated carbocycles. The zero-order valence-electron chi connectivity index (χ0n) is 13.9. The molecule has 0 aliphatic rings. The van der Waals surface area contributed by atoms with Crippen molar-refractivity contribution in [3.8, 4) is 0 Å². The fraction of sp³-hybridized carbons (Fsp3) is 0.556. The fourth-order valence-electron chi connectivity index (χ4n) is 2.24. The summed E-state index contributed by atoms with van der Waals surface area (Å²) >= 11 is 0. The van der Waals surface area contributed by atoms with E-state index in [9.17, 15) is 9.59 Å². The van der Waals surface area contributed by atoms with E-state index in [-0.39, 0.29) is 11.8 Å². The van der Waals surface area contributed by atoms with Crippen LogP contribution in [-0.2, 0) is 4.79 Å². The molecule has 122 valence electrons. The lowest BCUT2D eigenvalue weighted by molar-refractivity contribution is -0.115. The van der Waals surface area contributed by atoms with Gasteiger partial charge in [0.2, 0.25) is 5.91 Å². The third-order valence-corrected chi connectivity index (χ3v) is 3.85. The number of carbonyl (C=O) groups is 2. The summed E-state index contributed by atoms with van der Waals surface area (Å²) in [7, 11) is 0. The second-order valence-corrected chi connectivity index (χ2v) is 5.61. The summed E-state index contributed by atoms with van der Waals surface area (Å²) in [5.41, 5.74) is 1.35. The molecule has 0 bridgehead atoms. The summed E-state index contributed by atoms with van der Waals surface area (Å²) in [4.78, 5) is 23.4. The van der Waals surface area contributed by atoms with Crippen LogP contribution in [0.4, 0.5) is 5.69 Å². The number of amides is 2. The number of nitrogens with one attached hydrogen (secondary N) is 2. The van der Waals surface area contributed by atoms with Crippen molar-refractivity contribution in [1.29, 1.82) is 0 Å². The second-order valence-electron chi connectivity index (χ2n) is 5.61. The lowest BCUT2D eigenvalue weighted by Crippen LogP contribution is -2.29. The third kappa shape index (κ3) is 6.29. The quantitative estimate of drug-likeness (QED) is 0.725. The Morgan fingerprint density at radius 3 is 2.32 bits per heavy atom. The van der Waals surface area contributed by atoms with Gasteiger partial charge in [0.1, 0.15) is 0 Å². The summed E-state index contributed by atoms with van der Waals surface area (Å²) in [6.45, 7) is 6.88. The summed E-state index contributed by atoms with van der Waals surface area (Å²) in [6.07, 6.45) is 5.09. The van der Waals surface area contributed by atoms with E-state index < -0.39 is 0 Å². The number of rotatable bonds is 9. The van der Waals surface area contributed by atoms with Crippen molar-refractivity contribution in [2.75, 3.05) is 11.9 Å². The lowest BCUT2D eigenvalue weighted by atomic mass is 9.99. The zero-order valence-corrected chi connectivity index (χ0v) is 13.9. The van der Waals surface area contributed by atoms with Crippen LogP contribution in [0.1, 0.15) is 63.2 Å². The van der Waals surface area contributed by atoms with E-state index in [1.165, 1.54) is 12.8 Å². The lowest BCUT2D eigenvalue weighted by Gasteiger charge is -2.15. The number of anilines is 1. The molecular weight excluding hydrogens is 276 g/mol. The Morgan fingerprint density at radius 2 is 1.77 bits per heavy atom. The Balaban J connectivity index is 2.49. The molecule has 1 rings (SSSR count). The maximum absolute atomic E-state index is 12.1. The number of benzene rings is 1. The van der Waals surface area contributed by atoms with E-state index in [2.05, 4.69) is 24.5 Å². The fourth-order valence-corrected chi connectivity index (χ4v) is 2.24. The van der Waals surface area contributed by atoms with Crippen LogP contribution in [0.15, 0.2) is 24.3 Å². The predicted octanol–water partition coefficient (Wildman–Crippen LogP) is 3.98. The second kappa shape index (κ2) is 9.98. The normalized spacial score (nSPS) is 11.8. The van der Waals surface area contributed by atoms with Crippen molar-refractivity contribution in [3.63, 3.8) is 0 Å². The Morgan fingerprint density at radius 1 is 1.09 bits per heavy atom. The van der Waals surface area contributed by atoms with Crippen LogP contribution in [-0.4, -0.2) is 18.4 Å². The largest absolute Gasteiger partial charge is 0.352 e. The molecule has 4 heteroatoms. The molecule has 4 nitrogen and oxygen atoms in total. The molecule has 0 radical (unpaired) electrons. The highest BCUT2D eigenvalue weighted by molar-refractivity contribution is 5.95. The molecule has 0 saturated heterocycles. The molecule has 1 atom stereocenters. The molecule has 0 spiro atoms. The van der Waals surface area contributed by atoms with E-state index in [0.717, 1.165) is 25.1 Å². The minimum absolute atomic E-state index is 0.0288. The summed E-state index contributed by atoms with van der Waals surface area (Å²) < 4.78 is 0. The van der Waals surface area contributed by atoms with Gasteiger partial charge in [-0.05, 0) is 36.6 Å². The number of carbonyl (C=O) groups excluding carboxylic acids is 2. The predicted molar refractivity (Wildman–Crippen MR) is 91.0 cm³/mol. The molecule has 0 aliphatic heterocycles. The third-order valence-electron chi connectivity index (χ3n) is 3.85. The summed E-state index contributed by atoms with van der Waals surface area (Å²) in [5, 5.41) is 5.77.